The second-order valence-corrected chi connectivity index (χ2v) is 10.8. The Morgan fingerprint density at radius 3 is 2.00 bits per heavy atom. The zero-order valence-corrected chi connectivity index (χ0v) is 23.2. The van der Waals surface area contributed by atoms with Crippen LogP contribution in [-0.4, -0.2) is 56.9 Å². The molecule has 1 fully saturated rings. The molecule has 2 heterocycles. The molecular formula is C29H29N2O10P. The number of phosphoric ester groups is 1. The molecule has 13 heteroatoms. The van der Waals surface area contributed by atoms with E-state index in [0.29, 0.717) is 11.3 Å². The lowest BCUT2D eigenvalue weighted by atomic mass is 9.80. The van der Waals surface area contributed by atoms with E-state index >= 15 is 0 Å². The van der Waals surface area contributed by atoms with Gasteiger partial charge in [-0.3, -0.25) is 14.3 Å². The molecular weight excluding hydrogens is 567 g/mol. The largest absolute Gasteiger partial charge is 0.497 e. The van der Waals surface area contributed by atoms with E-state index < -0.39 is 49.1 Å². The topological polar surface area (TPSA) is 180 Å². The standard InChI is InChI=1S/C29H29N2O10P/c1-38-21-14-12-20(13-15-21)29(18-8-4-2-5-9-18,19-10-6-3-7-11-19)39-17-23-26(41-42(35,36)37)24(32)25(40-23)22-16-30-28(34)31-27(22)33/h2-16,23-26,32H,17H2,1H3,(H2,35,36,37)(H2,30,31,33,34)/t23-,24+,25+,26-/m1/s1. The van der Waals surface area contributed by atoms with Gasteiger partial charge in [-0.05, 0) is 28.8 Å². The number of aromatic amines is 2. The molecule has 0 unspecified atom stereocenters. The van der Waals surface area contributed by atoms with Crippen molar-refractivity contribution >= 4 is 7.82 Å². The third-order valence-electron chi connectivity index (χ3n) is 7.07. The van der Waals surface area contributed by atoms with Gasteiger partial charge in [0.05, 0.1) is 19.3 Å². The van der Waals surface area contributed by atoms with Gasteiger partial charge in [-0.25, -0.2) is 9.36 Å². The van der Waals surface area contributed by atoms with Gasteiger partial charge in [0.15, 0.2) is 0 Å². The molecule has 1 aliphatic heterocycles. The first-order chi connectivity index (χ1) is 20.1. The van der Waals surface area contributed by atoms with Crippen molar-refractivity contribution in [2.75, 3.05) is 13.7 Å². The highest BCUT2D eigenvalue weighted by molar-refractivity contribution is 7.46. The Labute approximate surface area is 239 Å². The Hall–Kier alpha value is -3.87. The average Bonchev–Trinajstić information content (AvgIpc) is 3.28. The second kappa shape index (κ2) is 12.2. The first-order valence-corrected chi connectivity index (χ1v) is 14.4. The molecule has 42 heavy (non-hydrogen) atoms. The number of nitrogens with one attached hydrogen (secondary N) is 2. The van der Waals surface area contributed by atoms with E-state index in [2.05, 4.69) is 9.97 Å². The molecule has 12 nitrogen and oxygen atoms in total. The minimum atomic E-state index is -5.13. The number of rotatable bonds is 10. The van der Waals surface area contributed by atoms with Crippen LogP contribution < -0.4 is 16.0 Å². The molecule has 1 aromatic heterocycles. The molecule has 0 bridgehead atoms. The highest BCUT2D eigenvalue weighted by Crippen LogP contribution is 2.46. The quantitative estimate of drug-likeness (QED) is 0.135. The third-order valence-corrected chi connectivity index (χ3v) is 7.59. The Morgan fingerprint density at radius 1 is 0.905 bits per heavy atom. The lowest BCUT2D eigenvalue weighted by molar-refractivity contribution is -0.0819. The molecule has 5 N–H and O–H groups in total. The summed E-state index contributed by atoms with van der Waals surface area (Å²) >= 11 is 0. The summed E-state index contributed by atoms with van der Waals surface area (Å²) in [4.78, 5) is 47.6. The highest BCUT2D eigenvalue weighted by Gasteiger charge is 2.50. The van der Waals surface area contributed by atoms with Crippen molar-refractivity contribution < 1.29 is 38.2 Å². The number of phosphoric acid groups is 1. The molecule has 1 saturated heterocycles. The summed E-state index contributed by atoms with van der Waals surface area (Å²) in [5.74, 6) is 0.625. The van der Waals surface area contributed by atoms with Crippen LogP contribution in [0.2, 0.25) is 0 Å². The smallest absolute Gasteiger partial charge is 0.470 e. The number of benzene rings is 3. The Balaban J connectivity index is 1.59. The van der Waals surface area contributed by atoms with Gasteiger partial charge in [-0.1, -0.05) is 72.8 Å². The second-order valence-electron chi connectivity index (χ2n) is 9.63. The molecule has 3 aromatic carbocycles. The molecule has 4 atom stereocenters. The van der Waals surface area contributed by atoms with Gasteiger partial charge in [0.2, 0.25) is 0 Å². The number of aliphatic hydroxyl groups excluding tert-OH is 1. The van der Waals surface area contributed by atoms with Crippen LogP contribution in [0.3, 0.4) is 0 Å². The van der Waals surface area contributed by atoms with Crippen LogP contribution in [0.5, 0.6) is 5.75 Å². The molecule has 0 amide bonds. The summed E-state index contributed by atoms with van der Waals surface area (Å²) in [5, 5.41) is 11.1. The maximum atomic E-state index is 12.5. The Kier molecular flexibility index (Phi) is 8.58. The van der Waals surface area contributed by atoms with E-state index in [1.54, 1.807) is 19.2 Å². The lowest BCUT2D eigenvalue weighted by Gasteiger charge is -2.37. The fraction of sp³-hybridized carbons (Fsp3) is 0.241. The first-order valence-electron chi connectivity index (χ1n) is 12.9. The van der Waals surface area contributed by atoms with Crippen molar-refractivity contribution in [3.05, 3.63) is 134 Å². The predicted octanol–water partition coefficient (Wildman–Crippen LogP) is 2.36. The summed E-state index contributed by atoms with van der Waals surface area (Å²) < 4.78 is 34.9. The van der Waals surface area contributed by atoms with E-state index in [0.717, 1.165) is 17.3 Å². The zero-order chi connectivity index (χ0) is 29.9. The number of methoxy groups -OCH3 is 1. The monoisotopic (exact) mass is 596 g/mol. The summed E-state index contributed by atoms with van der Waals surface area (Å²) in [6.45, 7) is -0.338. The molecule has 0 aliphatic carbocycles. The molecule has 4 aromatic rings. The van der Waals surface area contributed by atoms with E-state index in [1.165, 1.54) is 0 Å². The fourth-order valence-corrected chi connectivity index (χ4v) is 5.76. The third kappa shape index (κ3) is 6.01. The van der Waals surface area contributed by atoms with Crippen molar-refractivity contribution in [1.29, 1.82) is 0 Å². The first kappa shape index (κ1) is 29.6. The van der Waals surface area contributed by atoms with E-state index in [9.17, 15) is 29.0 Å². The van der Waals surface area contributed by atoms with Crippen molar-refractivity contribution in [3.63, 3.8) is 0 Å². The highest BCUT2D eigenvalue weighted by atomic mass is 31.2. The van der Waals surface area contributed by atoms with Crippen molar-refractivity contribution in [2.45, 2.75) is 30.0 Å². The van der Waals surface area contributed by atoms with Crippen molar-refractivity contribution in [2.24, 2.45) is 0 Å². The number of ether oxygens (including phenoxy) is 3. The minimum absolute atomic E-state index is 0.156. The predicted molar refractivity (Wildman–Crippen MR) is 150 cm³/mol. The van der Waals surface area contributed by atoms with Crippen LogP contribution in [0.15, 0.2) is 101 Å². The maximum Gasteiger partial charge on any atom is 0.470 e. The molecule has 220 valence electrons. The SMILES string of the molecule is COc1ccc(C(OC[C@H]2O[C@@H](c3c[nH]c(=O)[nH]c3=O)[C@H](O)[C@@H]2OP(=O)(O)O)(c2ccccc2)c2ccccc2)cc1. The van der Waals surface area contributed by atoms with Crippen LogP contribution in [0.1, 0.15) is 28.4 Å². The van der Waals surface area contributed by atoms with Gasteiger partial charge in [-0.2, -0.15) is 0 Å². The number of hydrogen-bond acceptors (Lipinski definition) is 8. The summed E-state index contributed by atoms with van der Waals surface area (Å²) in [5.41, 5.74) is -0.836. The van der Waals surface area contributed by atoms with E-state index in [1.807, 2.05) is 72.8 Å². The van der Waals surface area contributed by atoms with Crippen LogP contribution in [0.25, 0.3) is 0 Å². The van der Waals surface area contributed by atoms with Gasteiger partial charge in [-0.15, -0.1) is 0 Å². The lowest BCUT2D eigenvalue weighted by Crippen LogP contribution is -2.40. The zero-order valence-electron chi connectivity index (χ0n) is 22.3. The van der Waals surface area contributed by atoms with Crippen molar-refractivity contribution in [1.82, 2.24) is 9.97 Å². The molecule has 0 saturated carbocycles. The molecule has 5 rings (SSSR count). The number of aromatic nitrogens is 2. The van der Waals surface area contributed by atoms with Crippen LogP contribution in [-0.2, 0) is 24.2 Å². The van der Waals surface area contributed by atoms with E-state index in [-0.39, 0.29) is 12.2 Å². The van der Waals surface area contributed by atoms with Gasteiger partial charge < -0.3 is 34.1 Å². The van der Waals surface area contributed by atoms with Gasteiger partial charge >= 0.3 is 13.5 Å². The average molecular weight is 597 g/mol. The molecule has 0 spiro atoms. The maximum absolute atomic E-state index is 12.5. The Bertz CT molecular complexity index is 1610. The van der Waals surface area contributed by atoms with Gasteiger partial charge in [0.1, 0.15) is 35.8 Å². The normalized spacial score (nSPS) is 20.9. The number of hydrogen-bond donors (Lipinski definition) is 5. The summed E-state index contributed by atoms with van der Waals surface area (Å²) in [6, 6.07) is 25.9. The van der Waals surface area contributed by atoms with Gasteiger partial charge in [0, 0.05) is 6.20 Å². The van der Waals surface area contributed by atoms with Crippen LogP contribution in [0, 0.1) is 0 Å². The minimum Gasteiger partial charge on any atom is -0.497 e. The van der Waals surface area contributed by atoms with Crippen LogP contribution in [0.4, 0.5) is 0 Å². The summed E-state index contributed by atoms with van der Waals surface area (Å²) in [6.07, 6.45) is -4.86. The number of aliphatic hydroxyl groups is 1. The van der Waals surface area contributed by atoms with Crippen LogP contribution >= 0.6 is 7.82 Å². The van der Waals surface area contributed by atoms with Gasteiger partial charge in [0.25, 0.3) is 5.56 Å². The Morgan fingerprint density at radius 2 is 1.48 bits per heavy atom. The van der Waals surface area contributed by atoms with Crippen molar-refractivity contribution in [3.8, 4) is 5.75 Å². The fourth-order valence-electron chi connectivity index (χ4n) is 5.18. The van der Waals surface area contributed by atoms with E-state index in [4.69, 9.17) is 18.7 Å². The summed E-state index contributed by atoms with van der Waals surface area (Å²) in [7, 11) is -3.57. The number of H-pyrrole nitrogens is 2. The molecule has 0 radical (unpaired) electrons. The molecule has 1 aliphatic rings.